The molecule has 0 saturated heterocycles. The van der Waals surface area contributed by atoms with Gasteiger partial charge in [-0.2, -0.15) is 0 Å². The number of benzene rings is 1. The molecule has 6 nitrogen and oxygen atoms in total. The highest BCUT2D eigenvalue weighted by Gasteiger charge is 2.08. The van der Waals surface area contributed by atoms with Gasteiger partial charge in [-0.15, -0.1) is 0 Å². The number of methoxy groups -OCH3 is 2. The molecule has 1 aromatic carbocycles. The molecule has 0 aliphatic carbocycles. The van der Waals surface area contributed by atoms with E-state index < -0.39 is 0 Å². The SMILES string of the molecule is COc1ccc(CNc2nc[nH]c(=O)c2I)c(OC)c1. The van der Waals surface area contributed by atoms with Gasteiger partial charge in [-0.3, -0.25) is 4.79 Å². The number of H-pyrrole nitrogens is 1. The fourth-order valence-electron chi connectivity index (χ4n) is 1.68. The summed E-state index contributed by atoms with van der Waals surface area (Å²) >= 11 is 1.96. The maximum atomic E-state index is 11.5. The van der Waals surface area contributed by atoms with Crippen LogP contribution < -0.4 is 20.3 Å². The second kappa shape index (κ2) is 6.60. The van der Waals surface area contributed by atoms with Gasteiger partial charge in [0, 0.05) is 18.2 Å². The lowest BCUT2D eigenvalue weighted by Crippen LogP contribution is -2.14. The van der Waals surface area contributed by atoms with Crippen molar-refractivity contribution < 1.29 is 9.47 Å². The van der Waals surface area contributed by atoms with Gasteiger partial charge in [0.1, 0.15) is 20.9 Å². The predicted molar refractivity (Wildman–Crippen MR) is 84.4 cm³/mol. The molecule has 0 aliphatic rings. The van der Waals surface area contributed by atoms with Gasteiger partial charge in [-0.05, 0) is 34.7 Å². The molecule has 0 bridgehead atoms. The summed E-state index contributed by atoms with van der Waals surface area (Å²) in [5.74, 6) is 2.00. The number of rotatable bonds is 5. The number of hydrogen-bond acceptors (Lipinski definition) is 5. The first-order valence-electron chi connectivity index (χ1n) is 5.83. The number of halogens is 1. The van der Waals surface area contributed by atoms with Crippen LogP contribution in [0.1, 0.15) is 5.56 Å². The Bertz CT molecular complexity index is 658. The maximum Gasteiger partial charge on any atom is 0.266 e. The topological polar surface area (TPSA) is 76.2 Å². The van der Waals surface area contributed by atoms with E-state index in [1.165, 1.54) is 6.33 Å². The van der Waals surface area contributed by atoms with Crippen molar-refractivity contribution in [3.05, 3.63) is 44.0 Å². The number of ether oxygens (including phenoxy) is 2. The molecule has 2 aromatic rings. The highest BCUT2D eigenvalue weighted by molar-refractivity contribution is 14.1. The molecule has 106 valence electrons. The van der Waals surface area contributed by atoms with E-state index >= 15 is 0 Å². The van der Waals surface area contributed by atoms with Crippen molar-refractivity contribution in [2.45, 2.75) is 6.54 Å². The van der Waals surface area contributed by atoms with Gasteiger partial charge in [0.15, 0.2) is 0 Å². The second-order valence-corrected chi connectivity index (χ2v) is 5.00. The minimum absolute atomic E-state index is 0.162. The highest BCUT2D eigenvalue weighted by atomic mass is 127. The number of anilines is 1. The Balaban J connectivity index is 2.18. The minimum atomic E-state index is -0.162. The summed E-state index contributed by atoms with van der Waals surface area (Å²) in [5.41, 5.74) is 0.788. The number of aromatic nitrogens is 2. The van der Waals surface area contributed by atoms with Crippen molar-refractivity contribution in [1.29, 1.82) is 0 Å². The summed E-state index contributed by atoms with van der Waals surface area (Å²) in [6.45, 7) is 0.500. The molecule has 1 heterocycles. The molecule has 0 aliphatic heterocycles. The van der Waals surface area contributed by atoms with Crippen molar-refractivity contribution in [2.24, 2.45) is 0 Å². The van der Waals surface area contributed by atoms with Crippen LogP contribution in [-0.2, 0) is 6.54 Å². The highest BCUT2D eigenvalue weighted by Crippen LogP contribution is 2.25. The van der Waals surface area contributed by atoms with Crippen LogP contribution in [0.5, 0.6) is 11.5 Å². The van der Waals surface area contributed by atoms with Gasteiger partial charge in [0.2, 0.25) is 0 Å². The van der Waals surface area contributed by atoms with Crippen LogP contribution in [-0.4, -0.2) is 24.2 Å². The molecule has 2 N–H and O–H groups in total. The lowest BCUT2D eigenvalue weighted by atomic mass is 10.2. The van der Waals surface area contributed by atoms with Gasteiger partial charge in [0.05, 0.1) is 20.5 Å². The summed E-state index contributed by atoms with van der Waals surface area (Å²) in [7, 11) is 3.21. The van der Waals surface area contributed by atoms with E-state index in [0.29, 0.717) is 15.9 Å². The second-order valence-electron chi connectivity index (χ2n) is 3.93. The molecule has 7 heteroatoms. The van der Waals surface area contributed by atoms with Crippen molar-refractivity contribution in [2.75, 3.05) is 19.5 Å². The van der Waals surface area contributed by atoms with Crippen molar-refractivity contribution in [3.63, 3.8) is 0 Å². The molecule has 0 saturated carbocycles. The van der Waals surface area contributed by atoms with E-state index in [9.17, 15) is 4.79 Å². The summed E-state index contributed by atoms with van der Waals surface area (Å²) in [6.07, 6.45) is 1.37. The van der Waals surface area contributed by atoms with Crippen LogP contribution in [0.3, 0.4) is 0 Å². The Morgan fingerprint density at radius 3 is 2.85 bits per heavy atom. The molecule has 0 radical (unpaired) electrons. The van der Waals surface area contributed by atoms with Crippen LogP contribution in [0.2, 0.25) is 0 Å². The summed E-state index contributed by atoms with van der Waals surface area (Å²) in [6, 6.07) is 5.58. The lowest BCUT2D eigenvalue weighted by Gasteiger charge is -2.12. The van der Waals surface area contributed by atoms with Gasteiger partial charge in [-0.1, -0.05) is 0 Å². The molecule has 20 heavy (non-hydrogen) atoms. The Hall–Kier alpha value is -1.77. The molecule has 0 fully saturated rings. The molecule has 0 unspecified atom stereocenters. The summed E-state index contributed by atoms with van der Waals surface area (Å²) in [5, 5.41) is 3.12. The van der Waals surface area contributed by atoms with Gasteiger partial charge >= 0.3 is 0 Å². The molecular weight excluding hydrogens is 373 g/mol. The predicted octanol–water partition coefficient (Wildman–Crippen LogP) is 2.00. The number of aromatic amines is 1. The average molecular weight is 387 g/mol. The Kier molecular flexibility index (Phi) is 4.83. The maximum absolute atomic E-state index is 11.5. The Morgan fingerprint density at radius 2 is 2.15 bits per heavy atom. The van der Waals surface area contributed by atoms with E-state index in [-0.39, 0.29) is 5.56 Å². The van der Waals surface area contributed by atoms with Crippen LogP contribution >= 0.6 is 22.6 Å². The number of hydrogen-bond donors (Lipinski definition) is 2. The quantitative estimate of drug-likeness (QED) is 0.768. The zero-order valence-corrected chi connectivity index (χ0v) is 13.2. The van der Waals surface area contributed by atoms with Crippen molar-refractivity contribution in [3.8, 4) is 11.5 Å². The fraction of sp³-hybridized carbons (Fsp3) is 0.231. The fourth-order valence-corrected chi connectivity index (χ4v) is 2.17. The van der Waals surface area contributed by atoms with Crippen LogP contribution in [0.25, 0.3) is 0 Å². The minimum Gasteiger partial charge on any atom is -0.497 e. The Morgan fingerprint density at radius 1 is 1.35 bits per heavy atom. The normalized spacial score (nSPS) is 10.2. The third-order valence-electron chi connectivity index (χ3n) is 2.74. The average Bonchev–Trinajstić information content (AvgIpc) is 2.48. The van der Waals surface area contributed by atoms with E-state index in [1.54, 1.807) is 14.2 Å². The molecule has 2 rings (SSSR count). The van der Waals surface area contributed by atoms with Gasteiger partial charge < -0.3 is 19.8 Å². The lowest BCUT2D eigenvalue weighted by molar-refractivity contribution is 0.391. The standard InChI is InChI=1S/C13H14IN3O3/c1-19-9-4-3-8(10(5-9)20-2)6-15-12-11(14)13(18)17-7-16-12/h3-5,7H,6H2,1-2H3,(H2,15,16,17,18). The molecule has 1 aromatic heterocycles. The smallest absolute Gasteiger partial charge is 0.266 e. The van der Waals surface area contributed by atoms with Gasteiger partial charge in [-0.25, -0.2) is 4.98 Å². The molecule has 0 amide bonds. The van der Waals surface area contributed by atoms with E-state index in [4.69, 9.17) is 9.47 Å². The number of nitrogens with zero attached hydrogens (tertiary/aromatic N) is 1. The van der Waals surface area contributed by atoms with Crippen molar-refractivity contribution in [1.82, 2.24) is 9.97 Å². The van der Waals surface area contributed by atoms with E-state index in [1.807, 2.05) is 40.8 Å². The van der Waals surface area contributed by atoms with E-state index in [2.05, 4.69) is 15.3 Å². The third-order valence-corrected chi connectivity index (χ3v) is 3.74. The van der Waals surface area contributed by atoms with Crippen LogP contribution in [0.15, 0.2) is 29.3 Å². The zero-order valence-electron chi connectivity index (χ0n) is 11.1. The molecule has 0 atom stereocenters. The molecule has 0 spiro atoms. The first-order valence-corrected chi connectivity index (χ1v) is 6.91. The third kappa shape index (κ3) is 3.21. The summed E-state index contributed by atoms with van der Waals surface area (Å²) < 4.78 is 11.0. The molecular formula is C13H14IN3O3. The first kappa shape index (κ1) is 14.6. The van der Waals surface area contributed by atoms with Crippen LogP contribution in [0, 0.1) is 3.57 Å². The first-order chi connectivity index (χ1) is 9.65. The van der Waals surface area contributed by atoms with Crippen molar-refractivity contribution >= 4 is 28.4 Å². The largest absolute Gasteiger partial charge is 0.497 e. The number of nitrogens with one attached hydrogen (secondary N) is 2. The summed E-state index contributed by atoms with van der Waals surface area (Å²) in [4.78, 5) is 18.1. The zero-order chi connectivity index (χ0) is 14.5. The Labute approximate surface area is 129 Å². The van der Waals surface area contributed by atoms with Crippen LogP contribution in [0.4, 0.5) is 5.82 Å². The van der Waals surface area contributed by atoms with E-state index in [0.717, 1.165) is 17.1 Å². The monoisotopic (exact) mass is 387 g/mol. The van der Waals surface area contributed by atoms with Gasteiger partial charge in [0.25, 0.3) is 5.56 Å².